The average Bonchev–Trinajstić information content (AvgIpc) is 3.35. The second kappa shape index (κ2) is 4.51. The van der Waals surface area contributed by atoms with Crippen molar-refractivity contribution in [2.75, 3.05) is 5.73 Å². The van der Waals surface area contributed by atoms with Crippen molar-refractivity contribution in [3.8, 4) is 0 Å². The van der Waals surface area contributed by atoms with Gasteiger partial charge in [-0.3, -0.25) is 4.79 Å². The highest BCUT2D eigenvalue weighted by atomic mass is 16.2. The van der Waals surface area contributed by atoms with Crippen molar-refractivity contribution in [1.29, 1.82) is 0 Å². The average molecular weight is 270 g/mol. The second-order valence-electron chi connectivity index (χ2n) is 6.87. The predicted octanol–water partition coefficient (Wildman–Crippen LogP) is 2.81. The molecule has 0 radical (unpaired) electrons. The number of nitrogen functional groups attached to an aromatic ring is 1. The van der Waals surface area contributed by atoms with Gasteiger partial charge in [0.05, 0.1) is 0 Å². The molecular formula is C17H22N2O. The van der Waals surface area contributed by atoms with Gasteiger partial charge in [0.15, 0.2) is 0 Å². The first-order valence-electron chi connectivity index (χ1n) is 7.85. The number of amides is 1. The van der Waals surface area contributed by atoms with Gasteiger partial charge in [0, 0.05) is 24.2 Å². The molecular weight excluding hydrogens is 248 g/mol. The van der Waals surface area contributed by atoms with E-state index in [1.807, 2.05) is 18.2 Å². The molecule has 4 rings (SSSR count). The largest absolute Gasteiger partial charge is 0.399 e. The third-order valence-corrected chi connectivity index (χ3v) is 5.17. The van der Waals surface area contributed by atoms with E-state index in [1.165, 1.54) is 19.3 Å². The molecule has 2 atom stereocenters. The number of rotatable bonds is 4. The maximum atomic E-state index is 12.8. The van der Waals surface area contributed by atoms with Gasteiger partial charge < -0.3 is 10.6 Å². The van der Waals surface area contributed by atoms with Crippen LogP contribution < -0.4 is 5.73 Å². The maximum Gasteiger partial charge on any atom is 0.226 e. The zero-order valence-electron chi connectivity index (χ0n) is 11.8. The van der Waals surface area contributed by atoms with Gasteiger partial charge in [0.25, 0.3) is 0 Å². The fourth-order valence-electron chi connectivity index (χ4n) is 3.81. The molecule has 20 heavy (non-hydrogen) atoms. The normalized spacial score (nSPS) is 30.9. The number of hydrogen-bond acceptors (Lipinski definition) is 2. The standard InChI is InChI=1S/C17H22N2O/c18-15-3-1-2-11(6-15)10-19(16-4-5-16)17(20)14-8-12-7-13(12)9-14/h1-3,6,12-14,16H,4-5,7-10,18H2. The van der Waals surface area contributed by atoms with Gasteiger partial charge in [-0.05, 0) is 61.6 Å². The van der Waals surface area contributed by atoms with E-state index in [2.05, 4.69) is 11.0 Å². The highest BCUT2D eigenvalue weighted by molar-refractivity contribution is 5.80. The zero-order valence-corrected chi connectivity index (χ0v) is 11.8. The Labute approximate surface area is 120 Å². The molecule has 0 spiro atoms. The van der Waals surface area contributed by atoms with Crippen LogP contribution in [-0.4, -0.2) is 16.8 Å². The Hall–Kier alpha value is -1.51. The third-order valence-electron chi connectivity index (χ3n) is 5.17. The molecule has 1 aromatic rings. The lowest BCUT2D eigenvalue weighted by molar-refractivity contribution is -0.137. The summed E-state index contributed by atoms with van der Waals surface area (Å²) in [6, 6.07) is 8.43. The first-order chi connectivity index (χ1) is 9.70. The summed E-state index contributed by atoms with van der Waals surface area (Å²) in [7, 11) is 0. The molecule has 3 heteroatoms. The fraction of sp³-hybridized carbons (Fsp3) is 0.588. The van der Waals surface area contributed by atoms with Gasteiger partial charge in [0.2, 0.25) is 5.91 Å². The lowest BCUT2D eigenvalue weighted by Crippen LogP contribution is -2.37. The van der Waals surface area contributed by atoms with Crippen molar-refractivity contribution >= 4 is 11.6 Å². The molecule has 3 aliphatic carbocycles. The highest BCUT2D eigenvalue weighted by Gasteiger charge is 2.49. The van der Waals surface area contributed by atoms with Crippen LogP contribution >= 0.6 is 0 Å². The van der Waals surface area contributed by atoms with Crippen LogP contribution in [0.5, 0.6) is 0 Å². The number of fused-ring (bicyclic) bond motifs is 1. The smallest absolute Gasteiger partial charge is 0.226 e. The Morgan fingerprint density at radius 2 is 1.95 bits per heavy atom. The number of carbonyl (C=O) groups is 1. The number of anilines is 1. The minimum atomic E-state index is 0.306. The van der Waals surface area contributed by atoms with Gasteiger partial charge in [0.1, 0.15) is 0 Å². The van der Waals surface area contributed by atoms with E-state index >= 15 is 0 Å². The van der Waals surface area contributed by atoms with Gasteiger partial charge in [-0.15, -0.1) is 0 Å². The minimum absolute atomic E-state index is 0.306. The van der Waals surface area contributed by atoms with E-state index in [0.29, 0.717) is 17.9 Å². The monoisotopic (exact) mass is 270 g/mol. The molecule has 2 unspecified atom stereocenters. The van der Waals surface area contributed by atoms with E-state index < -0.39 is 0 Å². The van der Waals surface area contributed by atoms with Crippen LogP contribution in [0.2, 0.25) is 0 Å². The highest BCUT2D eigenvalue weighted by Crippen LogP contribution is 2.55. The molecule has 2 N–H and O–H groups in total. The number of benzene rings is 1. The predicted molar refractivity (Wildman–Crippen MR) is 78.7 cm³/mol. The van der Waals surface area contributed by atoms with Gasteiger partial charge in [-0.25, -0.2) is 0 Å². The van der Waals surface area contributed by atoms with Crippen LogP contribution in [0.4, 0.5) is 5.69 Å². The molecule has 0 aromatic heterocycles. The summed E-state index contributed by atoms with van der Waals surface area (Å²) >= 11 is 0. The summed E-state index contributed by atoms with van der Waals surface area (Å²) in [5.74, 6) is 2.46. The SMILES string of the molecule is Nc1cccc(CN(C(=O)C2CC3CC3C2)C2CC2)c1. The summed E-state index contributed by atoms with van der Waals surface area (Å²) in [6.45, 7) is 0.736. The van der Waals surface area contributed by atoms with Crippen molar-refractivity contribution < 1.29 is 4.79 Å². The molecule has 3 saturated carbocycles. The molecule has 3 aliphatic rings. The molecule has 3 nitrogen and oxygen atoms in total. The maximum absolute atomic E-state index is 12.8. The second-order valence-corrected chi connectivity index (χ2v) is 6.87. The summed E-state index contributed by atoms with van der Waals surface area (Å²) in [6.07, 6.45) is 6.01. The van der Waals surface area contributed by atoms with Crippen LogP contribution in [0, 0.1) is 17.8 Å². The van der Waals surface area contributed by atoms with Crippen molar-refractivity contribution in [3.05, 3.63) is 29.8 Å². The van der Waals surface area contributed by atoms with Gasteiger partial charge >= 0.3 is 0 Å². The lowest BCUT2D eigenvalue weighted by atomic mass is 10.0. The molecule has 3 fully saturated rings. The molecule has 0 heterocycles. The molecule has 1 amide bonds. The van der Waals surface area contributed by atoms with Crippen molar-refractivity contribution in [2.45, 2.75) is 44.7 Å². The number of carbonyl (C=O) groups excluding carboxylic acids is 1. The Kier molecular flexibility index (Phi) is 2.76. The van der Waals surface area contributed by atoms with Gasteiger partial charge in [-0.1, -0.05) is 12.1 Å². The van der Waals surface area contributed by atoms with Crippen LogP contribution in [0.25, 0.3) is 0 Å². The Morgan fingerprint density at radius 1 is 1.20 bits per heavy atom. The molecule has 0 aliphatic heterocycles. The Balaban J connectivity index is 1.48. The quantitative estimate of drug-likeness (QED) is 0.855. The number of nitrogens with two attached hydrogens (primary N) is 1. The zero-order chi connectivity index (χ0) is 13.7. The van der Waals surface area contributed by atoms with Crippen LogP contribution in [0.3, 0.4) is 0 Å². The van der Waals surface area contributed by atoms with E-state index in [9.17, 15) is 4.79 Å². The number of nitrogens with zero attached hydrogens (tertiary/aromatic N) is 1. The third kappa shape index (κ3) is 2.30. The van der Waals surface area contributed by atoms with E-state index in [0.717, 1.165) is 42.5 Å². The Morgan fingerprint density at radius 3 is 2.60 bits per heavy atom. The summed E-state index contributed by atoms with van der Waals surface area (Å²) in [5, 5.41) is 0. The summed E-state index contributed by atoms with van der Waals surface area (Å²) in [5.41, 5.74) is 7.79. The topological polar surface area (TPSA) is 46.3 Å². The van der Waals surface area contributed by atoms with E-state index in [1.54, 1.807) is 0 Å². The summed E-state index contributed by atoms with van der Waals surface area (Å²) in [4.78, 5) is 14.9. The van der Waals surface area contributed by atoms with E-state index in [4.69, 9.17) is 5.73 Å². The summed E-state index contributed by atoms with van der Waals surface area (Å²) < 4.78 is 0. The van der Waals surface area contributed by atoms with Crippen LogP contribution in [-0.2, 0) is 11.3 Å². The fourth-order valence-corrected chi connectivity index (χ4v) is 3.81. The van der Waals surface area contributed by atoms with Crippen molar-refractivity contribution in [3.63, 3.8) is 0 Å². The van der Waals surface area contributed by atoms with E-state index in [-0.39, 0.29) is 0 Å². The minimum Gasteiger partial charge on any atom is -0.399 e. The molecule has 0 saturated heterocycles. The first-order valence-corrected chi connectivity index (χ1v) is 7.85. The van der Waals surface area contributed by atoms with Crippen LogP contribution in [0.1, 0.15) is 37.7 Å². The Bertz CT molecular complexity index is 528. The molecule has 1 aromatic carbocycles. The van der Waals surface area contributed by atoms with Crippen molar-refractivity contribution in [2.24, 2.45) is 17.8 Å². The molecule has 106 valence electrons. The van der Waals surface area contributed by atoms with Crippen LogP contribution in [0.15, 0.2) is 24.3 Å². The number of hydrogen-bond donors (Lipinski definition) is 1. The van der Waals surface area contributed by atoms with Gasteiger partial charge in [-0.2, -0.15) is 0 Å². The first kappa shape index (κ1) is 12.2. The lowest BCUT2D eigenvalue weighted by Gasteiger charge is -2.26. The molecule has 0 bridgehead atoms. The van der Waals surface area contributed by atoms with Crippen molar-refractivity contribution in [1.82, 2.24) is 4.90 Å².